The summed E-state index contributed by atoms with van der Waals surface area (Å²) in [5, 5.41) is 44.2. The molecule has 26 nitrogen and oxygen atoms in total. The molecular formula is C34H58N10O16S. The SMILES string of the molecule is COC(CNC(=O)CNC(=O)COCCOCCNC(=O)CCC(NC(=O)CCC(NC(=O)CCCS(=O)(=O)NC(=O)CC(C)C(C)Cc1nnn[nH]1)C(=O)O)C(=O)O)OC. The molecule has 6 amide bonds. The number of aromatic nitrogens is 4. The third-order valence-electron chi connectivity index (χ3n) is 8.67. The Bertz CT molecular complexity index is 1660. The molecule has 0 radical (unpaired) electrons. The van der Waals surface area contributed by atoms with Crippen LogP contribution in [0.25, 0.3) is 0 Å². The lowest BCUT2D eigenvalue weighted by molar-refractivity contribution is -0.143. The number of tetrazole rings is 1. The zero-order valence-electron chi connectivity index (χ0n) is 34.6. The Balaban J connectivity index is 2.29. The van der Waals surface area contributed by atoms with Crippen LogP contribution in [0.2, 0.25) is 0 Å². The van der Waals surface area contributed by atoms with E-state index < -0.39 is 101 Å². The molecule has 0 aliphatic carbocycles. The Kier molecular flexibility index (Phi) is 26.2. The number of aromatic amines is 1. The number of sulfonamides is 1. The van der Waals surface area contributed by atoms with Gasteiger partial charge in [0.15, 0.2) is 6.29 Å². The minimum atomic E-state index is -4.11. The number of amides is 6. The summed E-state index contributed by atoms with van der Waals surface area (Å²) in [4.78, 5) is 96.4. The summed E-state index contributed by atoms with van der Waals surface area (Å²) in [5.41, 5.74) is 0. The molecule has 346 valence electrons. The van der Waals surface area contributed by atoms with E-state index in [4.69, 9.17) is 18.9 Å². The topological polar surface area (TPSA) is 375 Å². The molecular weight excluding hydrogens is 836 g/mol. The normalized spacial score (nSPS) is 13.3. The predicted molar refractivity (Wildman–Crippen MR) is 208 cm³/mol. The van der Waals surface area contributed by atoms with Crippen LogP contribution in [0.4, 0.5) is 0 Å². The second-order valence-electron chi connectivity index (χ2n) is 13.6. The van der Waals surface area contributed by atoms with Crippen LogP contribution in [0.5, 0.6) is 0 Å². The van der Waals surface area contributed by atoms with E-state index in [9.17, 15) is 57.0 Å². The van der Waals surface area contributed by atoms with Gasteiger partial charge in [-0.3, -0.25) is 33.5 Å². The first-order valence-corrected chi connectivity index (χ1v) is 20.8. The van der Waals surface area contributed by atoms with Gasteiger partial charge in [-0.1, -0.05) is 13.8 Å². The molecule has 61 heavy (non-hydrogen) atoms. The first-order chi connectivity index (χ1) is 28.8. The summed E-state index contributed by atoms with van der Waals surface area (Å²) >= 11 is 0. The number of nitrogens with one attached hydrogen (secondary N) is 7. The van der Waals surface area contributed by atoms with Gasteiger partial charge in [0.05, 0.1) is 38.7 Å². The summed E-state index contributed by atoms with van der Waals surface area (Å²) in [5.74, 6) is -7.22. The molecule has 1 aromatic rings. The van der Waals surface area contributed by atoms with E-state index in [1.165, 1.54) is 14.2 Å². The number of aliphatic carboxylic acids is 2. The van der Waals surface area contributed by atoms with Gasteiger partial charge in [-0.2, -0.15) is 0 Å². The van der Waals surface area contributed by atoms with E-state index in [0.717, 1.165) is 0 Å². The van der Waals surface area contributed by atoms with Gasteiger partial charge >= 0.3 is 11.9 Å². The van der Waals surface area contributed by atoms with Crippen molar-refractivity contribution in [1.29, 1.82) is 0 Å². The number of hydrogen-bond donors (Lipinski definition) is 9. The molecule has 0 aliphatic rings. The van der Waals surface area contributed by atoms with Crippen LogP contribution >= 0.6 is 0 Å². The number of hydrogen-bond acceptors (Lipinski definition) is 17. The van der Waals surface area contributed by atoms with Crippen LogP contribution in [0.15, 0.2) is 0 Å². The van der Waals surface area contributed by atoms with E-state index in [1.807, 2.05) is 11.6 Å². The van der Waals surface area contributed by atoms with E-state index in [-0.39, 0.29) is 83.6 Å². The van der Waals surface area contributed by atoms with Crippen molar-refractivity contribution >= 4 is 57.4 Å². The highest BCUT2D eigenvalue weighted by atomic mass is 32.2. The second kappa shape index (κ2) is 29.8. The van der Waals surface area contributed by atoms with Crippen LogP contribution in [-0.4, -0.2) is 171 Å². The van der Waals surface area contributed by atoms with Crippen LogP contribution in [0, 0.1) is 11.8 Å². The Morgan fingerprint density at radius 2 is 1.33 bits per heavy atom. The molecule has 0 bridgehead atoms. The zero-order valence-corrected chi connectivity index (χ0v) is 35.4. The fourth-order valence-corrected chi connectivity index (χ4v) is 6.10. The van der Waals surface area contributed by atoms with E-state index in [2.05, 4.69) is 47.2 Å². The van der Waals surface area contributed by atoms with Gasteiger partial charge < -0.3 is 55.7 Å². The quantitative estimate of drug-likeness (QED) is 0.0238. The minimum Gasteiger partial charge on any atom is -0.480 e. The van der Waals surface area contributed by atoms with E-state index >= 15 is 0 Å². The van der Waals surface area contributed by atoms with Crippen molar-refractivity contribution in [2.24, 2.45) is 11.8 Å². The lowest BCUT2D eigenvalue weighted by Gasteiger charge is -2.18. The molecule has 0 aromatic carbocycles. The summed E-state index contributed by atoms with van der Waals surface area (Å²) in [6.45, 7) is 3.38. The average molecular weight is 895 g/mol. The van der Waals surface area contributed by atoms with Gasteiger partial charge in [-0.25, -0.2) is 23.1 Å². The van der Waals surface area contributed by atoms with Gasteiger partial charge in [-0.05, 0) is 41.5 Å². The smallest absolute Gasteiger partial charge is 0.326 e. The summed E-state index contributed by atoms with van der Waals surface area (Å²) in [7, 11) is -1.28. The fourth-order valence-electron chi connectivity index (χ4n) is 5.04. The third-order valence-corrected chi connectivity index (χ3v) is 10.0. The number of ether oxygens (including phenoxy) is 4. The molecule has 0 fully saturated rings. The minimum absolute atomic E-state index is 0.0391. The molecule has 4 unspecified atom stereocenters. The Morgan fingerprint density at radius 3 is 1.92 bits per heavy atom. The van der Waals surface area contributed by atoms with E-state index in [1.54, 1.807) is 6.92 Å². The Morgan fingerprint density at radius 1 is 0.721 bits per heavy atom. The van der Waals surface area contributed by atoms with Gasteiger partial charge in [0.2, 0.25) is 45.5 Å². The maximum Gasteiger partial charge on any atom is 0.326 e. The molecule has 9 N–H and O–H groups in total. The number of carbonyl (C=O) groups excluding carboxylic acids is 6. The van der Waals surface area contributed by atoms with Crippen molar-refractivity contribution in [2.75, 3.05) is 66.0 Å². The van der Waals surface area contributed by atoms with Crippen LogP contribution < -0.4 is 31.3 Å². The molecule has 1 heterocycles. The van der Waals surface area contributed by atoms with E-state index in [0.29, 0.717) is 12.2 Å². The lowest BCUT2D eigenvalue weighted by Crippen LogP contribution is -2.44. The molecule has 4 atom stereocenters. The molecule has 0 saturated heterocycles. The highest BCUT2D eigenvalue weighted by molar-refractivity contribution is 7.90. The summed E-state index contributed by atoms with van der Waals surface area (Å²) in [6.07, 6.45) is -2.46. The highest BCUT2D eigenvalue weighted by Crippen LogP contribution is 2.18. The van der Waals surface area contributed by atoms with Gasteiger partial charge in [0.25, 0.3) is 0 Å². The maximum absolute atomic E-state index is 12.5. The predicted octanol–water partition coefficient (Wildman–Crippen LogP) is -3.67. The van der Waals surface area contributed by atoms with Crippen LogP contribution in [0.3, 0.4) is 0 Å². The standard InChI is InChI=1S/C34H58N10O16S/c1-21(16-25-40-43-44-41-25)22(2)17-29(48)42-61(55,56)15-5-6-27(46)38-24(34(53)54)8-10-28(47)39-23(33(51)52)7-9-26(45)35-11-12-59-13-14-60-20-31(50)36-18-30(49)37-19-32(57-3)58-4/h21-24,32H,5-20H2,1-4H3,(H,35,45)(H,36,50)(H,37,49)(H,38,46)(H,39,47)(H,42,48)(H,51,52)(H,53,54)(H,40,41,43,44). The van der Waals surface area contributed by atoms with Crippen molar-refractivity contribution in [2.45, 2.75) is 83.6 Å². The van der Waals surface area contributed by atoms with Crippen molar-refractivity contribution in [3.63, 3.8) is 0 Å². The van der Waals surface area contributed by atoms with Gasteiger partial charge in [0.1, 0.15) is 24.5 Å². The number of rotatable bonds is 34. The molecule has 1 rings (SSSR count). The van der Waals surface area contributed by atoms with Crippen LogP contribution in [0.1, 0.15) is 64.6 Å². The Labute approximate surface area is 352 Å². The van der Waals surface area contributed by atoms with Crippen LogP contribution in [-0.2, 0) is 73.7 Å². The van der Waals surface area contributed by atoms with Crippen molar-refractivity contribution < 1.29 is 75.9 Å². The maximum atomic E-state index is 12.5. The number of H-pyrrole nitrogens is 1. The summed E-state index contributed by atoms with van der Waals surface area (Å²) in [6, 6.07) is -3.05. The van der Waals surface area contributed by atoms with Crippen molar-refractivity contribution in [1.82, 2.24) is 51.9 Å². The molecule has 0 aliphatic heterocycles. The lowest BCUT2D eigenvalue weighted by atomic mass is 9.90. The molecule has 0 saturated carbocycles. The summed E-state index contributed by atoms with van der Waals surface area (Å²) < 4.78 is 47.1. The monoisotopic (exact) mass is 894 g/mol. The number of nitrogens with zero attached hydrogens (tertiary/aromatic N) is 3. The fraction of sp³-hybridized carbons (Fsp3) is 0.735. The van der Waals surface area contributed by atoms with Gasteiger partial charge in [-0.15, -0.1) is 5.10 Å². The highest BCUT2D eigenvalue weighted by Gasteiger charge is 2.26. The number of carboxylic acids is 2. The molecule has 1 aromatic heterocycles. The molecule has 0 spiro atoms. The number of methoxy groups -OCH3 is 2. The number of carbonyl (C=O) groups is 8. The first-order valence-electron chi connectivity index (χ1n) is 19.2. The van der Waals surface area contributed by atoms with Crippen molar-refractivity contribution in [3.05, 3.63) is 5.82 Å². The zero-order chi connectivity index (χ0) is 45.8. The van der Waals surface area contributed by atoms with Crippen molar-refractivity contribution in [3.8, 4) is 0 Å². The first kappa shape index (κ1) is 53.6. The largest absolute Gasteiger partial charge is 0.480 e. The third kappa shape index (κ3) is 25.8. The van der Waals surface area contributed by atoms with Gasteiger partial charge in [0, 0.05) is 52.9 Å². The number of carboxylic acid groups (broad SMARTS) is 2. The average Bonchev–Trinajstić information content (AvgIpc) is 3.71. The molecule has 27 heteroatoms. The second-order valence-corrected chi connectivity index (χ2v) is 15.5. The Hall–Kier alpha value is -5.38.